The van der Waals surface area contributed by atoms with E-state index in [-0.39, 0.29) is 6.61 Å². The molecule has 0 aliphatic rings. The fourth-order valence-corrected chi connectivity index (χ4v) is 0.851. The van der Waals surface area contributed by atoms with E-state index in [9.17, 15) is 5.11 Å². The van der Waals surface area contributed by atoms with Gasteiger partial charge in [-0.2, -0.15) is 11.8 Å². The molecule has 0 aromatic rings. The van der Waals surface area contributed by atoms with E-state index in [2.05, 4.69) is 13.8 Å². The van der Waals surface area contributed by atoms with E-state index < -0.39 is 0 Å². The Kier molecular flexibility index (Phi) is 4.67. The quantitative estimate of drug-likeness (QED) is 0.552. The Morgan fingerprint density at radius 2 is 2.14 bits per heavy atom. The smallest absolute Gasteiger partial charge is 0.0912 e. The summed E-state index contributed by atoms with van der Waals surface area (Å²) in [6, 6.07) is 0. The molecule has 0 N–H and O–H groups in total. The largest absolute Gasteiger partial charge is 0.236 e. The first kappa shape index (κ1) is 7.31. The summed E-state index contributed by atoms with van der Waals surface area (Å²) >= 11 is 1.72. The molecule has 0 atom stereocenters. The molecule has 0 aromatic carbocycles. The first-order valence-electron chi connectivity index (χ1n) is 2.47. The van der Waals surface area contributed by atoms with Gasteiger partial charge in [0.2, 0.25) is 0 Å². The van der Waals surface area contributed by atoms with Crippen LogP contribution in [0.25, 0.3) is 0 Å². The highest BCUT2D eigenvalue weighted by molar-refractivity contribution is 7.99. The van der Waals surface area contributed by atoms with Gasteiger partial charge in [-0.1, -0.05) is 13.8 Å². The highest BCUT2D eigenvalue weighted by atomic mass is 32.2. The summed E-state index contributed by atoms with van der Waals surface area (Å²) < 4.78 is 0. The molecule has 0 saturated carbocycles. The zero-order valence-corrected chi connectivity index (χ0v) is 5.62. The van der Waals surface area contributed by atoms with Crippen LogP contribution in [-0.2, 0) is 5.11 Å². The molecule has 0 bridgehead atoms. The first-order chi connectivity index (χ1) is 3.27. The summed E-state index contributed by atoms with van der Waals surface area (Å²) in [5.74, 6) is 0.762. The zero-order chi connectivity index (χ0) is 5.70. The van der Waals surface area contributed by atoms with Gasteiger partial charge in [-0.3, -0.25) is 0 Å². The third kappa shape index (κ3) is 6.31. The molecule has 0 aliphatic carbocycles. The predicted octanol–water partition coefficient (Wildman–Crippen LogP) is 1.56. The average molecular weight is 119 g/mol. The van der Waals surface area contributed by atoms with Gasteiger partial charge in [0.25, 0.3) is 0 Å². The van der Waals surface area contributed by atoms with Crippen LogP contribution in [0.15, 0.2) is 0 Å². The van der Waals surface area contributed by atoms with Crippen LogP contribution < -0.4 is 0 Å². The zero-order valence-electron chi connectivity index (χ0n) is 4.81. The van der Waals surface area contributed by atoms with E-state index in [1.165, 1.54) is 0 Å². The molecule has 0 rings (SSSR count). The third-order valence-corrected chi connectivity index (χ3v) is 1.60. The Morgan fingerprint density at radius 1 is 1.57 bits per heavy atom. The molecule has 0 saturated heterocycles. The van der Waals surface area contributed by atoms with Gasteiger partial charge in [0.05, 0.1) is 6.61 Å². The van der Waals surface area contributed by atoms with Crippen LogP contribution in [0.5, 0.6) is 0 Å². The van der Waals surface area contributed by atoms with Crippen LogP contribution in [0, 0.1) is 0 Å². The van der Waals surface area contributed by atoms with Crippen molar-refractivity contribution in [3.05, 3.63) is 0 Å². The second-order valence-corrected chi connectivity index (χ2v) is 3.31. The Hall–Kier alpha value is 0.310. The number of hydrogen-bond acceptors (Lipinski definition) is 1. The van der Waals surface area contributed by atoms with E-state index in [4.69, 9.17) is 0 Å². The van der Waals surface area contributed by atoms with Crippen molar-refractivity contribution < 1.29 is 5.11 Å². The van der Waals surface area contributed by atoms with Crippen LogP contribution in [0.2, 0.25) is 0 Å². The Labute approximate surface area is 49.1 Å². The lowest BCUT2D eigenvalue weighted by molar-refractivity contribution is 0.215. The summed E-state index contributed by atoms with van der Waals surface area (Å²) in [6.07, 6.45) is 0. The molecular weight excluding hydrogens is 108 g/mol. The molecule has 0 unspecified atom stereocenters. The predicted molar refractivity (Wildman–Crippen MR) is 33.1 cm³/mol. The summed E-state index contributed by atoms with van der Waals surface area (Å²) in [5.41, 5.74) is 0. The highest BCUT2D eigenvalue weighted by Crippen LogP contribution is 2.06. The normalized spacial score (nSPS) is 10.3. The van der Waals surface area contributed by atoms with E-state index in [0.29, 0.717) is 5.25 Å². The standard InChI is InChI=1S/C5H11OS/c1-5(2)7-4-3-6/h5H,3-4H2,1-2H3. The molecule has 0 fully saturated rings. The molecule has 0 aliphatic heterocycles. The lowest BCUT2D eigenvalue weighted by atomic mass is 10.6. The molecule has 1 radical (unpaired) electrons. The van der Waals surface area contributed by atoms with Crippen LogP contribution in [0.1, 0.15) is 13.8 Å². The van der Waals surface area contributed by atoms with Crippen molar-refractivity contribution in [1.82, 2.24) is 0 Å². The van der Waals surface area contributed by atoms with Crippen LogP contribution >= 0.6 is 11.8 Å². The summed E-state index contributed by atoms with van der Waals surface area (Å²) in [6.45, 7) is 4.25. The van der Waals surface area contributed by atoms with Crippen molar-refractivity contribution >= 4 is 11.8 Å². The minimum atomic E-state index is 0.0584. The Bertz CT molecular complexity index is 37.1. The van der Waals surface area contributed by atoms with Gasteiger partial charge in [-0.05, 0) is 5.25 Å². The Morgan fingerprint density at radius 3 is 2.29 bits per heavy atom. The number of rotatable bonds is 3. The summed E-state index contributed by atoms with van der Waals surface area (Å²) in [4.78, 5) is 0. The van der Waals surface area contributed by atoms with Crippen molar-refractivity contribution in [3.8, 4) is 0 Å². The van der Waals surface area contributed by atoms with Gasteiger partial charge >= 0.3 is 0 Å². The van der Waals surface area contributed by atoms with Crippen molar-refractivity contribution in [3.63, 3.8) is 0 Å². The summed E-state index contributed by atoms with van der Waals surface area (Å²) in [7, 11) is 0. The molecule has 0 aromatic heterocycles. The van der Waals surface area contributed by atoms with Crippen LogP contribution in [0.3, 0.4) is 0 Å². The molecule has 7 heavy (non-hydrogen) atoms. The van der Waals surface area contributed by atoms with Gasteiger partial charge in [0.15, 0.2) is 0 Å². The first-order valence-corrected chi connectivity index (χ1v) is 3.52. The van der Waals surface area contributed by atoms with Crippen LogP contribution in [-0.4, -0.2) is 17.6 Å². The SMILES string of the molecule is CC(C)SCC[O]. The minimum Gasteiger partial charge on any atom is -0.236 e. The molecule has 0 amide bonds. The van der Waals surface area contributed by atoms with Crippen molar-refractivity contribution in [1.29, 1.82) is 0 Å². The van der Waals surface area contributed by atoms with Gasteiger partial charge in [-0.15, -0.1) is 0 Å². The fourth-order valence-electron chi connectivity index (χ4n) is 0.284. The van der Waals surface area contributed by atoms with Crippen molar-refractivity contribution in [2.45, 2.75) is 19.1 Å². The van der Waals surface area contributed by atoms with Crippen molar-refractivity contribution in [2.75, 3.05) is 12.4 Å². The molecule has 0 heterocycles. The monoisotopic (exact) mass is 119 g/mol. The number of thioether (sulfide) groups is 1. The lowest BCUT2D eigenvalue weighted by Gasteiger charge is -1.98. The van der Waals surface area contributed by atoms with Gasteiger partial charge in [-0.25, -0.2) is 5.11 Å². The lowest BCUT2D eigenvalue weighted by Crippen LogP contribution is -1.91. The van der Waals surface area contributed by atoms with Gasteiger partial charge < -0.3 is 0 Å². The molecule has 1 nitrogen and oxygen atoms in total. The summed E-state index contributed by atoms with van der Waals surface area (Å²) in [5, 5.41) is 10.4. The molecule has 2 heteroatoms. The van der Waals surface area contributed by atoms with Crippen molar-refractivity contribution in [2.24, 2.45) is 0 Å². The van der Waals surface area contributed by atoms with E-state index >= 15 is 0 Å². The van der Waals surface area contributed by atoms with E-state index in [1.54, 1.807) is 11.8 Å². The molecule has 43 valence electrons. The van der Waals surface area contributed by atoms with Gasteiger partial charge in [0, 0.05) is 5.75 Å². The van der Waals surface area contributed by atoms with Crippen LogP contribution in [0.4, 0.5) is 0 Å². The average Bonchev–Trinajstić information content (AvgIpc) is 1.61. The topological polar surface area (TPSA) is 19.9 Å². The highest BCUT2D eigenvalue weighted by Gasteiger charge is 1.90. The Balaban J connectivity index is 2.68. The van der Waals surface area contributed by atoms with E-state index in [1.807, 2.05) is 0 Å². The van der Waals surface area contributed by atoms with E-state index in [0.717, 1.165) is 5.75 Å². The number of hydrogen-bond donors (Lipinski definition) is 0. The molecular formula is C5H11OS. The third-order valence-electron chi connectivity index (χ3n) is 0.535. The second-order valence-electron chi connectivity index (χ2n) is 1.62. The van der Waals surface area contributed by atoms with Gasteiger partial charge in [0.1, 0.15) is 0 Å². The maximum Gasteiger partial charge on any atom is 0.0912 e. The second kappa shape index (κ2) is 4.47. The maximum absolute atomic E-state index is 9.81. The minimum absolute atomic E-state index is 0.0584. The molecule has 0 spiro atoms. The fraction of sp³-hybridized carbons (Fsp3) is 1.00. The maximum atomic E-state index is 9.81.